The summed E-state index contributed by atoms with van der Waals surface area (Å²) >= 11 is 0. The molecule has 0 aliphatic heterocycles. The minimum absolute atomic E-state index is 0.0229. The zero-order valence-corrected chi connectivity index (χ0v) is 8.91. The third kappa shape index (κ3) is 1.85. The van der Waals surface area contributed by atoms with Crippen molar-refractivity contribution >= 4 is 5.78 Å². The van der Waals surface area contributed by atoms with Crippen LogP contribution in [0.5, 0.6) is 0 Å². The molecule has 2 aliphatic rings. The Bertz CT molecular complexity index is 224. The first-order valence-corrected chi connectivity index (χ1v) is 5.89. The number of hydrogen-bond donors (Lipinski definition) is 1. The minimum Gasteiger partial charge on any atom is -0.392 e. The molecule has 2 saturated carbocycles. The summed E-state index contributed by atoms with van der Waals surface area (Å²) in [6.45, 7) is 2.24. The van der Waals surface area contributed by atoms with E-state index in [0.717, 1.165) is 31.6 Å². The molecule has 4 atom stereocenters. The molecule has 2 rings (SSSR count). The van der Waals surface area contributed by atoms with Crippen molar-refractivity contribution in [1.29, 1.82) is 0 Å². The third-order valence-electron chi connectivity index (χ3n) is 3.98. The second kappa shape index (κ2) is 4.01. The van der Waals surface area contributed by atoms with Gasteiger partial charge in [0.25, 0.3) is 0 Å². The van der Waals surface area contributed by atoms with Crippen LogP contribution < -0.4 is 0 Å². The Morgan fingerprint density at radius 2 is 2.14 bits per heavy atom. The zero-order chi connectivity index (χ0) is 10.1. The highest BCUT2D eigenvalue weighted by Crippen LogP contribution is 2.38. The van der Waals surface area contributed by atoms with Crippen LogP contribution in [0.4, 0.5) is 0 Å². The highest BCUT2D eigenvalue weighted by molar-refractivity contribution is 5.83. The van der Waals surface area contributed by atoms with E-state index in [-0.39, 0.29) is 12.0 Å². The summed E-state index contributed by atoms with van der Waals surface area (Å²) in [5.41, 5.74) is 0. The van der Waals surface area contributed by atoms with E-state index in [4.69, 9.17) is 0 Å². The van der Waals surface area contributed by atoms with Crippen LogP contribution in [-0.2, 0) is 4.79 Å². The van der Waals surface area contributed by atoms with Gasteiger partial charge in [-0.3, -0.25) is 4.79 Å². The second-order valence-corrected chi connectivity index (χ2v) is 5.13. The zero-order valence-electron chi connectivity index (χ0n) is 8.91. The number of aliphatic hydroxyl groups excluding tert-OH is 1. The molecule has 0 aromatic rings. The smallest absolute Gasteiger partial charge is 0.138 e. The van der Waals surface area contributed by atoms with Gasteiger partial charge in [0.2, 0.25) is 0 Å². The summed E-state index contributed by atoms with van der Waals surface area (Å²) in [5.74, 6) is 1.42. The fraction of sp³-hybridized carbons (Fsp3) is 0.917. The van der Waals surface area contributed by atoms with Crippen LogP contribution in [0.1, 0.15) is 45.4 Å². The molecule has 14 heavy (non-hydrogen) atoms. The van der Waals surface area contributed by atoms with Gasteiger partial charge in [-0.05, 0) is 37.5 Å². The van der Waals surface area contributed by atoms with Gasteiger partial charge in [0.1, 0.15) is 5.78 Å². The Hall–Kier alpha value is -0.370. The molecule has 2 aliphatic carbocycles. The minimum atomic E-state index is -0.338. The topological polar surface area (TPSA) is 37.3 Å². The molecule has 1 N–H and O–H groups in total. The number of carbonyl (C=O) groups excluding carboxylic acids is 1. The molecule has 0 spiro atoms. The van der Waals surface area contributed by atoms with Gasteiger partial charge in [-0.1, -0.05) is 13.3 Å². The SMILES string of the molecule is CC1CCC(C(O)C2CCCC2=O)C1. The van der Waals surface area contributed by atoms with Gasteiger partial charge in [-0.15, -0.1) is 0 Å². The van der Waals surface area contributed by atoms with Crippen LogP contribution in [0.2, 0.25) is 0 Å². The summed E-state index contributed by atoms with van der Waals surface area (Å²) in [5, 5.41) is 10.1. The number of aliphatic hydroxyl groups is 1. The lowest BCUT2D eigenvalue weighted by Crippen LogP contribution is -2.30. The van der Waals surface area contributed by atoms with E-state index >= 15 is 0 Å². The largest absolute Gasteiger partial charge is 0.392 e. The van der Waals surface area contributed by atoms with Crippen LogP contribution in [0.3, 0.4) is 0 Å². The highest BCUT2D eigenvalue weighted by atomic mass is 16.3. The van der Waals surface area contributed by atoms with E-state index in [1.807, 2.05) is 0 Å². The number of ketones is 1. The maximum atomic E-state index is 11.5. The molecule has 0 radical (unpaired) electrons. The predicted molar refractivity (Wildman–Crippen MR) is 54.9 cm³/mol. The normalized spacial score (nSPS) is 40.4. The summed E-state index contributed by atoms with van der Waals surface area (Å²) < 4.78 is 0. The molecule has 4 unspecified atom stereocenters. The fourth-order valence-corrected chi connectivity index (χ4v) is 3.09. The summed E-state index contributed by atoms with van der Waals surface area (Å²) in [6, 6.07) is 0. The Morgan fingerprint density at radius 3 is 2.64 bits per heavy atom. The van der Waals surface area contributed by atoms with Crippen LogP contribution in [0.15, 0.2) is 0 Å². The summed E-state index contributed by atoms with van der Waals surface area (Å²) in [4.78, 5) is 11.5. The van der Waals surface area contributed by atoms with E-state index in [1.165, 1.54) is 6.42 Å². The van der Waals surface area contributed by atoms with Crippen molar-refractivity contribution in [1.82, 2.24) is 0 Å². The third-order valence-corrected chi connectivity index (χ3v) is 3.98. The maximum absolute atomic E-state index is 11.5. The second-order valence-electron chi connectivity index (χ2n) is 5.13. The molecule has 0 aromatic heterocycles. The first-order chi connectivity index (χ1) is 6.68. The summed E-state index contributed by atoms with van der Waals surface area (Å²) in [7, 11) is 0. The van der Waals surface area contributed by atoms with Crippen molar-refractivity contribution in [2.75, 3.05) is 0 Å². The van der Waals surface area contributed by atoms with Crippen LogP contribution in [0, 0.1) is 17.8 Å². The molecule has 2 fully saturated rings. The van der Waals surface area contributed by atoms with Crippen LogP contribution in [-0.4, -0.2) is 17.0 Å². The average Bonchev–Trinajstić information content (AvgIpc) is 2.73. The Kier molecular flexibility index (Phi) is 2.91. The Labute approximate surface area is 85.7 Å². The van der Waals surface area contributed by atoms with Crippen molar-refractivity contribution < 1.29 is 9.90 Å². The van der Waals surface area contributed by atoms with Crippen LogP contribution in [0.25, 0.3) is 0 Å². The first-order valence-electron chi connectivity index (χ1n) is 5.89. The first kappa shape index (κ1) is 10.2. The molecule has 80 valence electrons. The van der Waals surface area contributed by atoms with Crippen molar-refractivity contribution in [3.8, 4) is 0 Å². The molecule has 0 heterocycles. The van der Waals surface area contributed by atoms with Gasteiger partial charge in [0.05, 0.1) is 6.10 Å². The van der Waals surface area contributed by atoms with Crippen LogP contribution >= 0.6 is 0 Å². The molecular weight excluding hydrogens is 176 g/mol. The molecule has 0 saturated heterocycles. The molecule has 2 nitrogen and oxygen atoms in total. The van der Waals surface area contributed by atoms with E-state index in [0.29, 0.717) is 18.1 Å². The lowest BCUT2D eigenvalue weighted by molar-refractivity contribution is -0.124. The van der Waals surface area contributed by atoms with E-state index in [1.54, 1.807) is 0 Å². The molecule has 0 bridgehead atoms. The van der Waals surface area contributed by atoms with E-state index in [2.05, 4.69) is 6.92 Å². The summed E-state index contributed by atoms with van der Waals surface area (Å²) in [6.07, 6.45) is 5.73. The van der Waals surface area contributed by atoms with Crippen molar-refractivity contribution in [2.24, 2.45) is 17.8 Å². The Balaban J connectivity index is 1.94. The Morgan fingerprint density at radius 1 is 1.36 bits per heavy atom. The van der Waals surface area contributed by atoms with Crippen molar-refractivity contribution in [3.05, 3.63) is 0 Å². The van der Waals surface area contributed by atoms with Gasteiger partial charge in [-0.25, -0.2) is 0 Å². The predicted octanol–water partition coefficient (Wildman–Crippen LogP) is 2.15. The van der Waals surface area contributed by atoms with Gasteiger partial charge in [0, 0.05) is 12.3 Å². The highest BCUT2D eigenvalue weighted by Gasteiger charge is 2.37. The maximum Gasteiger partial charge on any atom is 0.138 e. The monoisotopic (exact) mass is 196 g/mol. The molecule has 0 amide bonds. The van der Waals surface area contributed by atoms with E-state index in [9.17, 15) is 9.90 Å². The lowest BCUT2D eigenvalue weighted by Gasteiger charge is -2.22. The number of Topliss-reactive ketones (excluding diaryl/α,β-unsaturated/α-hetero) is 1. The van der Waals surface area contributed by atoms with Crippen molar-refractivity contribution in [3.63, 3.8) is 0 Å². The fourth-order valence-electron chi connectivity index (χ4n) is 3.09. The lowest BCUT2D eigenvalue weighted by atomic mass is 9.87. The quantitative estimate of drug-likeness (QED) is 0.734. The van der Waals surface area contributed by atoms with E-state index < -0.39 is 0 Å². The molecule has 0 aromatic carbocycles. The van der Waals surface area contributed by atoms with Gasteiger partial charge in [-0.2, -0.15) is 0 Å². The number of rotatable bonds is 2. The molecular formula is C12H20O2. The van der Waals surface area contributed by atoms with Gasteiger partial charge in [0.15, 0.2) is 0 Å². The molecule has 2 heteroatoms. The number of carbonyl (C=O) groups is 1. The standard InChI is InChI=1S/C12H20O2/c1-8-5-6-9(7-8)12(14)10-3-2-4-11(10)13/h8-10,12,14H,2-7H2,1H3. The van der Waals surface area contributed by atoms with Crippen molar-refractivity contribution in [2.45, 2.75) is 51.6 Å². The van der Waals surface area contributed by atoms with Gasteiger partial charge < -0.3 is 5.11 Å². The van der Waals surface area contributed by atoms with Gasteiger partial charge >= 0.3 is 0 Å². The average molecular weight is 196 g/mol. The number of hydrogen-bond acceptors (Lipinski definition) is 2.